The first-order valence-corrected chi connectivity index (χ1v) is 15.5. The number of nitrogens with zero attached hydrogens (tertiary/aromatic N) is 3. The summed E-state index contributed by atoms with van der Waals surface area (Å²) in [6, 6.07) is 6.42. The average Bonchev–Trinajstić information content (AvgIpc) is 2.80. The Kier molecular flexibility index (Phi) is 22.0. The third kappa shape index (κ3) is 16.1. The van der Waals surface area contributed by atoms with Crippen molar-refractivity contribution in [2.45, 2.75) is 9.79 Å². The van der Waals surface area contributed by atoms with Crippen molar-refractivity contribution in [2.75, 3.05) is 40.5 Å². The second-order valence-electron chi connectivity index (χ2n) is 7.31. The first kappa shape index (κ1) is 46.2. The molecule has 0 saturated carbocycles. The Hall–Kier alpha value is 1.07. The summed E-state index contributed by atoms with van der Waals surface area (Å²) in [5, 5.41) is 21.5. The zero-order chi connectivity index (χ0) is 28.8. The van der Waals surface area contributed by atoms with Crippen LogP contribution in [0.3, 0.4) is 0 Å². The summed E-state index contributed by atoms with van der Waals surface area (Å²) in [5.74, 6) is -2.46. The number of rotatable bonds is 14. The Morgan fingerprint density at radius 3 is 1.72 bits per heavy atom. The van der Waals surface area contributed by atoms with E-state index in [0.29, 0.717) is 12.0 Å². The molecule has 1 heterocycles. The second kappa shape index (κ2) is 20.4. The minimum absolute atomic E-state index is 0. The molecule has 214 valence electrons. The molecule has 3 rings (SSSR count). The van der Waals surface area contributed by atoms with Crippen LogP contribution in [0.25, 0.3) is 10.8 Å². The van der Waals surface area contributed by atoms with Gasteiger partial charge in [-0.15, -0.1) is 0 Å². The molecule has 0 unspecified atom stereocenters. The first-order valence-electron chi connectivity index (χ1n) is 10.2. The van der Waals surface area contributed by atoms with Crippen LogP contribution in [0.5, 0.6) is 0 Å². The standard InChI is InChI=1S/C17H20N6O12S4.4Na/c24-34-35-36-13-9-10(8-12-11(13)2-1-3-14(12)39(31,32)33)20-17-22-15(18-4-6-37(25,26)27)21-16(23-17)19-5-7-38(28,29)30;;;;/h1-3,8-9,24H,4-7H2,(H,25,26,27)(H,28,29,30)(H,31,32,33)(H3,18,19,20,21,22,23);;;;/q;4*+1/p-4. The molecule has 0 bridgehead atoms. The van der Waals surface area contributed by atoms with Gasteiger partial charge < -0.3 is 34.9 Å². The van der Waals surface area contributed by atoms with Gasteiger partial charge in [0.1, 0.15) is 10.1 Å². The molecule has 3 aromatic rings. The fourth-order valence-corrected chi connectivity index (χ4v) is 4.96. The molecule has 0 aliphatic carbocycles. The van der Waals surface area contributed by atoms with Gasteiger partial charge in [0.15, 0.2) is 0 Å². The van der Waals surface area contributed by atoms with E-state index in [1.165, 1.54) is 24.3 Å². The number of aromatic nitrogens is 3. The van der Waals surface area contributed by atoms with Crippen LogP contribution in [0.4, 0.5) is 23.5 Å². The number of hydrogen-bond donors (Lipinski definition) is 3. The van der Waals surface area contributed by atoms with Crippen molar-refractivity contribution in [3.8, 4) is 0 Å². The van der Waals surface area contributed by atoms with E-state index in [2.05, 4.69) is 40.3 Å². The molecule has 1 aromatic heterocycles. The predicted molar refractivity (Wildman–Crippen MR) is 129 cm³/mol. The number of benzene rings is 2. The molecule has 3 N–H and O–H groups in total. The summed E-state index contributed by atoms with van der Waals surface area (Å²) in [6.45, 7) is -0.810. The van der Waals surface area contributed by atoms with Crippen LogP contribution in [0.1, 0.15) is 0 Å². The maximum atomic E-state index is 11.8. The predicted octanol–water partition coefficient (Wildman–Crippen LogP) is -13.2. The quantitative estimate of drug-likeness (QED) is 0.0459. The summed E-state index contributed by atoms with van der Waals surface area (Å²) in [4.78, 5) is 11.4. The van der Waals surface area contributed by atoms with E-state index in [-0.39, 0.29) is 157 Å². The smallest absolute Gasteiger partial charge is 0.748 e. The van der Waals surface area contributed by atoms with Crippen LogP contribution in [0.2, 0.25) is 0 Å². The number of hydrogen-bond acceptors (Lipinski definition) is 19. The summed E-state index contributed by atoms with van der Waals surface area (Å²) in [5.41, 5.74) is 0.0583. The molecule has 0 radical (unpaired) electrons. The topological polar surface area (TPSA) is 288 Å². The van der Waals surface area contributed by atoms with Crippen molar-refractivity contribution in [2.24, 2.45) is 0 Å². The summed E-state index contributed by atoms with van der Waals surface area (Å²) in [7, 11) is -14.1. The minimum atomic E-state index is -4.95. The van der Waals surface area contributed by atoms with E-state index in [0.717, 1.165) is 6.07 Å². The van der Waals surface area contributed by atoms with Gasteiger partial charge in [-0.1, -0.05) is 12.1 Å². The first-order chi connectivity index (χ1) is 18.1. The molecule has 0 saturated heterocycles. The van der Waals surface area contributed by atoms with Crippen LogP contribution < -0.4 is 139 Å². The summed E-state index contributed by atoms with van der Waals surface area (Å²) in [6.07, 6.45) is 0. The van der Waals surface area contributed by atoms with Gasteiger partial charge in [0.25, 0.3) is 0 Å². The third-order valence-electron chi connectivity index (χ3n) is 4.50. The maximum Gasteiger partial charge on any atom is 1.00 e. The molecule has 18 nitrogen and oxygen atoms in total. The number of nitrogens with one attached hydrogen (secondary N) is 3. The fraction of sp³-hybridized carbons (Fsp3) is 0.235. The van der Waals surface area contributed by atoms with Crippen molar-refractivity contribution in [3.63, 3.8) is 0 Å². The van der Waals surface area contributed by atoms with Crippen LogP contribution in [0, 0.1) is 0 Å². The van der Waals surface area contributed by atoms with Gasteiger partial charge in [0, 0.05) is 29.1 Å². The van der Waals surface area contributed by atoms with Gasteiger partial charge in [0.2, 0.25) is 17.8 Å². The molecule has 0 aliphatic rings. The van der Waals surface area contributed by atoms with E-state index >= 15 is 0 Å². The van der Waals surface area contributed by atoms with Gasteiger partial charge in [-0.25, -0.2) is 25.3 Å². The van der Waals surface area contributed by atoms with Gasteiger partial charge in [-0.3, -0.25) is 5.04 Å². The van der Waals surface area contributed by atoms with E-state index in [1.807, 2.05) is 0 Å². The molecular weight excluding hydrogens is 700 g/mol. The maximum absolute atomic E-state index is 11.8. The Balaban J connectivity index is 0. The number of anilines is 4. The monoisotopic (exact) mass is 716 g/mol. The molecule has 0 aliphatic heterocycles. The zero-order valence-corrected chi connectivity index (χ0v) is 34.4. The van der Waals surface area contributed by atoms with Crippen LogP contribution >= 0.6 is 12.0 Å². The molecule has 0 atom stereocenters. The average molecular weight is 717 g/mol. The summed E-state index contributed by atoms with van der Waals surface area (Å²) < 4.78 is 105. The van der Waals surface area contributed by atoms with Crippen molar-refractivity contribution in [3.05, 3.63) is 30.3 Å². The SMILES string of the molecule is O=S(=O)([O-])CCNc1nc(NCCS(=O)(=O)[O-])nc(Nc2cc(SOO[O-])c3cccc(S(=O)(=O)[O-])c3c2)n1.[Na+].[Na+].[Na+].[Na+]. The summed E-state index contributed by atoms with van der Waals surface area (Å²) >= 11 is 0.405. The van der Waals surface area contributed by atoms with E-state index < -0.39 is 59.8 Å². The fourth-order valence-electron chi connectivity index (χ4n) is 3.03. The molecular formula is C17H16N6Na4O12S4. The van der Waals surface area contributed by atoms with E-state index in [9.17, 15) is 44.2 Å². The normalized spacial score (nSPS) is 11.3. The van der Waals surface area contributed by atoms with E-state index in [4.69, 9.17) is 0 Å². The van der Waals surface area contributed by atoms with Gasteiger partial charge >= 0.3 is 118 Å². The third-order valence-corrected chi connectivity index (χ3v) is 7.44. The Morgan fingerprint density at radius 2 is 1.26 bits per heavy atom. The molecule has 26 heteroatoms. The second-order valence-corrected chi connectivity index (χ2v) is 12.4. The Bertz CT molecular complexity index is 1630. The minimum Gasteiger partial charge on any atom is -0.748 e. The van der Waals surface area contributed by atoms with Gasteiger partial charge in [-0.05, 0) is 23.6 Å². The molecule has 0 amide bonds. The number of fused-ring (bicyclic) bond motifs is 1. The zero-order valence-electron chi connectivity index (χ0n) is 23.1. The van der Waals surface area contributed by atoms with Crippen molar-refractivity contribution < 1.29 is 172 Å². The Morgan fingerprint density at radius 1 is 0.744 bits per heavy atom. The molecule has 0 spiro atoms. The van der Waals surface area contributed by atoms with Crippen molar-refractivity contribution in [1.29, 1.82) is 0 Å². The molecule has 0 fully saturated rings. The van der Waals surface area contributed by atoms with E-state index in [1.54, 1.807) is 0 Å². The van der Waals surface area contributed by atoms with Crippen LogP contribution in [-0.2, 0) is 39.7 Å². The largest absolute Gasteiger partial charge is 1.00 e. The van der Waals surface area contributed by atoms with Crippen LogP contribution in [-0.4, -0.2) is 78.5 Å². The van der Waals surface area contributed by atoms with Crippen LogP contribution in [0.15, 0.2) is 40.1 Å². The molecule has 2 aromatic carbocycles. The Labute approximate surface area is 339 Å². The van der Waals surface area contributed by atoms with Gasteiger partial charge in [-0.2, -0.15) is 19.3 Å². The van der Waals surface area contributed by atoms with Crippen molar-refractivity contribution >= 4 is 76.7 Å². The van der Waals surface area contributed by atoms with Crippen molar-refractivity contribution in [1.82, 2.24) is 15.0 Å². The van der Waals surface area contributed by atoms with Gasteiger partial charge in [0.05, 0.1) is 48.7 Å². The molecule has 43 heavy (non-hydrogen) atoms.